The van der Waals surface area contributed by atoms with Gasteiger partial charge in [0.2, 0.25) is 0 Å². The Morgan fingerprint density at radius 1 is 1.37 bits per heavy atom. The summed E-state index contributed by atoms with van der Waals surface area (Å²) in [4.78, 5) is 17.1. The van der Waals surface area contributed by atoms with E-state index in [2.05, 4.69) is 15.2 Å². The van der Waals surface area contributed by atoms with Crippen LogP contribution in [0.1, 0.15) is 27.5 Å². The molecule has 0 N–H and O–H groups in total. The summed E-state index contributed by atoms with van der Waals surface area (Å²) in [5.74, 6) is 1.16. The molecule has 9 heteroatoms. The summed E-state index contributed by atoms with van der Waals surface area (Å²) in [5, 5.41) is 11.6. The number of carbonyl (C=O) groups excluding carboxylic acids is 1. The lowest BCUT2D eigenvalue weighted by atomic mass is 10.2. The van der Waals surface area contributed by atoms with Crippen LogP contribution in [0.3, 0.4) is 0 Å². The zero-order valence-corrected chi connectivity index (χ0v) is 16.5. The van der Waals surface area contributed by atoms with E-state index in [1.165, 1.54) is 11.8 Å². The van der Waals surface area contributed by atoms with Crippen molar-refractivity contribution in [1.82, 2.24) is 24.3 Å². The number of thioether (sulfide) groups is 1. The molecule has 4 rings (SSSR count). The minimum absolute atomic E-state index is 0.0588. The highest BCUT2D eigenvalue weighted by Gasteiger charge is 2.19. The summed E-state index contributed by atoms with van der Waals surface area (Å²) < 4.78 is 9.25. The van der Waals surface area contributed by atoms with Crippen LogP contribution >= 0.6 is 23.1 Å². The molecule has 4 aromatic heterocycles. The van der Waals surface area contributed by atoms with Gasteiger partial charge >= 0.3 is 0 Å². The Morgan fingerprint density at radius 2 is 2.26 bits per heavy atom. The first kappa shape index (κ1) is 17.7. The van der Waals surface area contributed by atoms with E-state index in [1.807, 2.05) is 46.6 Å². The van der Waals surface area contributed by atoms with Crippen molar-refractivity contribution in [3.63, 3.8) is 0 Å². The molecule has 7 nitrogen and oxygen atoms in total. The summed E-state index contributed by atoms with van der Waals surface area (Å²) in [7, 11) is 0. The second-order valence-electron chi connectivity index (χ2n) is 5.97. The van der Waals surface area contributed by atoms with Crippen LogP contribution in [0.4, 0.5) is 0 Å². The second kappa shape index (κ2) is 7.53. The number of aryl methyl sites for hydroxylation is 1. The molecule has 4 aromatic rings. The van der Waals surface area contributed by atoms with Gasteiger partial charge in [-0.25, -0.2) is 4.98 Å². The van der Waals surface area contributed by atoms with Gasteiger partial charge in [0.1, 0.15) is 12.1 Å². The molecule has 0 saturated heterocycles. The summed E-state index contributed by atoms with van der Waals surface area (Å²) >= 11 is 2.92. The highest BCUT2D eigenvalue weighted by atomic mass is 32.2. The molecular weight excluding hydrogens is 382 g/mol. The first-order valence-corrected chi connectivity index (χ1v) is 10.1. The maximum Gasteiger partial charge on any atom is 0.193 e. The van der Waals surface area contributed by atoms with Crippen LogP contribution in [0.15, 0.2) is 51.9 Å². The summed E-state index contributed by atoms with van der Waals surface area (Å²) in [6.07, 6.45) is 5.04. The lowest BCUT2D eigenvalue weighted by Gasteiger charge is -2.06. The van der Waals surface area contributed by atoms with Crippen molar-refractivity contribution in [2.75, 3.05) is 5.75 Å². The van der Waals surface area contributed by atoms with Gasteiger partial charge in [-0.15, -0.1) is 21.5 Å². The number of furan rings is 1. The molecule has 0 aliphatic carbocycles. The molecule has 0 spiro atoms. The fourth-order valence-corrected chi connectivity index (χ4v) is 4.46. The SMILES string of the molecule is Cc1cc(C(=O)CSc2nncn2Cc2ccco2)c(C)n1-c1nccs1. The number of aromatic nitrogens is 5. The van der Waals surface area contributed by atoms with E-state index in [1.54, 1.807) is 30.1 Å². The third-order valence-corrected chi connectivity index (χ3v) is 5.90. The molecule has 0 bridgehead atoms. The first-order chi connectivity index (χ1) is 13.1. The predicted molar refractivity (Wildman–Crippen MR) is 104 cm³/mol. The number of rotatable bonds is 7. The largest absolute Gasteiger partial charge is 0.467 e. The smallest absolute Gasteiger partial charge is 0.193 e. The Kier molecular flexibility index (Phi) is 4.95. The molecule has 0 amide bonds. The first-order valence-electron chi connectivity index (χ1n) is 8.28. The molecule has 27 heavy (non-hydrogen) atoms. The van der Waals surface area contributed by atoms with Crippen molar-refractivity contribution in [2.45, 2.75) is 25.5 Å². The van der Waals surface area contributed by atoms with Crippen molar-refractivity contribution in [3.05, 3.63) is 65.1 Å². The summed E-state index contributed by atoms with van der Waals surface area (Å²) in [6.45, 7) is 4.47. The Labute approximate surface area is 164 Å². The van der Waals surface area contributed by atoms with Crippen LogP contribution in [-0.4, -0.2) is 35.9 Å². The normalized spacial score (nSPS) is 11.2. The van der Waals surface area contributed by atoms with Crippen molar-refractivity contribution in [3.8, 4) is 5.13 Å². The van der Waals surface area contributed by atoms with Gasteiger partial charge < -0.3 is 8.98 Å². The topological polar surface area (TPSA) is 78.7 Å². The minimum atomic E-state index is 0.0588. The predicted octanol–water partition coefficient (Wildman–Crippen LogP) is 3.76. The number of thiazole rings is 1. The number of nitrogens with zero attached hydrogens (tertiary/aromatic N) is 5. The maximum absolute atomic E-state index is 12.8. The zero-order chi connectivity index (χ0) is 18.8. The van der Waals surface area contributed by atoms with Crippen LogP contribution in [0.2, 0.25) is 0 Å². The average Bonchev–Trinajstić information content (AvgIpc) is 3.42. The standard InChI is InChI=1S/C18H17N5O2S2/c1-12-8-15(13(2)23(12)17-19-5-7-26-17)16(24)10-27-18-21-20-11-22(18)9-14-4-3-6-25-14/h3-8,11H,9-10H2,1-2H3. The third-order valence-electron chi connectivity index (χ3n) is 4.16. The molecule has 0 atom stereocenters. The molecular formula is C18H17N5O2S2. The molecule has 0 fully saturated rings. The molecule has 0 aliphatic heterocycles. The van der Waals surface area contributed by atoms with Crippen LogP contribution in [0, 0.1) is 13.8 Å². The average molecular weight is 400 g/mol. The van der Waals surface area contributed by atoms with Gasteiger partial charge in [-0.1, -0.05) is 11.8 Å². The number of hydrogen-bond donors (Lipinski definition) is 0. The summed E-state index contributed by atoms with van der Waals surface area (Å²) in [5.41, 5.74) is 2.62. The van der Waals surface area contributed by atoms with E-state index < -0.39 is 0 Å². The highest BCUT2D eigenvalue weighted by Crippen LogP contribution is 2.25. The van der Waals surface area contributed by atoms with Gasteiger partial charge in [-0.2, -0.15) is 0 Å². The number of Topliss-reactive ketones (excluding diaryl/α,β-unsaturated/α-hetero) is 1. The van der Waals surface area contributed by atoms with Crippen molar-refractivity contribution >= 4 is 28.9 Å². The van der Waals surface area contributed by atoms with Gasteiger partial charge in [-0.05, 0) is 32.0 Å². The van der Waals surface area contributed by atoms with Crippen LogP contribution in [0.5, 0.6) is 0 Å². The Balaban J connectivity index is 1.48. The van der Waals surface area contributed by atoms with E-state index in [9.17, 15) is 4.79 Å². The van der Waals surface area contributed by atoms with Crippen molar-refractivity contribution < 1.29 is 9.21 Å². The van der Waals surface area contributed by atoms with Gasteiger partial charge in [0.25, 0.3) is 0 Å². The van der Waals surface area contributed by atoms with Crippen molar-refractivity contribution in [2.24, 2.45) is 0 Å². The highest BCUT2D eigenvalue weighted by molar-refractivity contribution is 7.99. The van der Waals surface area contributed by atoms with Crippen molar-refractivity contribution in [1.29, 1.82) is 0 Å². The van der Waals surface area contributed by atoms with Gasteiger partial charge in [0.05, 0.1) is 18.6 Å². The Hall–Kier alpha value is -2.65. The maximum atomic E-state index is 12.8. The molecule has 0 radical (unpaired) electrons. The lowest BCUT2D eigenvalue weighted by molar-refractivity contribution is 0.102. The molecule has 0 aliphatic rings. The zero-order valence-electron chi connectivity index (χ0n) is 14.8. The van der Waals surface area contributed by atoms with E-state index in [0.717, 1.165) is 22.3 Å². The molecule has 4 heterocycles. The Bertz CT molecular complexity index is 1050. The molecule has 0 saturated carbocycles. The van der Waals surface area contributed by atoms with E-state index in [0.29, 0.717) is 23.0 Å². The quantitative estimate of drug-likeness (QED) is 0.348. The van der Waals surface area contributed by atoms with Gasteiger partial charge in [0.15, 0.2) is 16.1 Å². The fraction of sp³-hybridized carbons (Fsp3) is 0.222. The van der Waals surface area contributed by atoms with Gasteiger partial charge in [0, 0.05) is 28.5 Å². The molecule has 0 aromatic carbocycles. The van der Waals surface area contributed by atoms with Gasteiger partial charge in [-0.3, -0.25) is 9.36 Å². The summed E-state index contributed by atoms with van der Waals surface area (Å²) in [6, 6.07) is 5.66. The Morgan fingerprint density at radius 3 is 3.00 bits per heavy atom. The monoisotopic (exact) mass is 399 g/mol. The third kappa shape index (κ3) is 3.60. The van der Waals surface area contributed by atoms with E-state index in [4.69, 9.17) is 4.42 Å². The van der Waals surface area contributed by atoms with E-state index in [-0.39, 0.29) is 5.78 Å². The van der Waals surface area contributed by atoms with Crippen LogP contribution in [-0.2, 0) is 6.54 Å². The van der Waals surface area contributed by atoms with Crippen LogP contribution in [0.25, 0.3) is 5.13 Å². The molecule has 0 unspecified atom stereocenters. The number of hydrogen-bond acceptors (Lipinski definition) is 7. The fourth-order valence-electron chi connectivity index (χ4n) is 2.91. The number of ketones is 1. The van der Waals surface area contributed by atoms with E-state index >= 15 is 0 Å². The lowest BCUT2D eigenvalue weighted by Crippen LogP contribution is -2.07. The second-order valence-corrected chi connectivity index (χ2v) is 7.78. The minimum Gasteiger partial charge on any atom is -0.467 e. The molecule has 138 valence electrons. The number of carbonyl (C=O) groups is 1. The van der Waals surface area contributed by atoms with Crippen LogP contribution < -0.4 is 0 Å².